The van der Waals surface area contributed by atoms with E-state index in [4.69, 9.17) is 14.5 Å². The molecule has 3 rings (SSSR count). The molecule has 2 aromatic carbocycles. The second-order valence-corrected chi connectivity index (χ2v) is 7.05. The van der Waals surface area contributed by atoms with E-state index in [1.54, 1.807) is 13.2 Å². The molecule has 0 fully saturated rings. The van der Waals surface area contributed by atoms with Crippen LogP contribution in [0.15, 0.2) is 47.5 Å². The van der Waals surface area contributed by atoms with Crippen molar-refractivity contribution >= 4 is 5.71 Å². The lowest BCUT2D eigenvalue weighted by Crippen LogP contribution is -2.41. The Morgan fingerprint density at radius 3 is 2.70 bits per heavy atom. The van der Waals surface area contributed by atoms with E-state index in [1.807, 2.05) is 37.3 Å². The molecule has 0 saturated carbocycles. The summed E-state index contributed by atoms with van der Waals surface area (Å²) in [5.74, 6) is 1.85. The Labute approximate surface area is 161 Å². The number of aromatic hydroxyl groups is 1. The second-order valence-electron chi connectivity index (χ2n) is 7.05. The van der Waals surface area contributed by atoms with Crippen molar-refractivity contribution in [3.63, 3.8) is 0 Å². The number of ether oxygens (including phenoxy) is 2. The highest BCUT2D eigenvalue weighted by Crippen LogP contribution is 2.37. The highest BCUT2D eigenvalue weighted by atomic mass is 16.5. The molecule has 0 aromatic heterocycles. The zero-order chi connectivity index (χ0) is 19.4. The predicted octanol–water partition coefficient (Wildman–Crippen LogP) is 4.31. The number of nitrogens with zero attached hydrogens (tertiary/aromatic N) is 1. The quantitative estimate of drug-likeness (QED) is 0.798. The molecular formula is C22H28N2O3. The van der Waals surface area contributed by atoms with Gasteiger partial charge in [0.2, 0.25) is 0 Å². The van der Waals surface area contributed by atoms with Crippen LogP contribution in [0, 0.1) is 5.92 Å². The lowest BCUT2D eigenvalue weighted by molar-refractivity contribution is 0.309. The van der Waals surface area contributed by atoms with Gasteiger partial charge in [0.1, 0.15) is 11.9 Å². The number of para-hydroxylation sites is 1. The van der Waals surface area contributed by atoms with Gasteiger partial charge in [0.15, 0.2) is 11.5 Å². The third-order valence-electron chi connectivity index (χ3n) is 4.80. The lowest BCUT2D eigenvalue weighted by atomic mass is 9.92. The van der Waals surface area contributed by atoms with Crippen LogP contribution >= 0.6 is 0 Å². The molecule has 0 saturated heterocycles. The fourth-order valence-corrected chi connectivity index (χ4v) is 3.34. The van der Waals surface area contributed by atoms with E-state index >= 15 is 0 Å². The maximum Gasteiger partial charge on any atom is 0.162 e. The molecule has 0 amide bonds. The fraction of sp³-hybridized carbons (Fsp3) is 0.409. The molecular weight excluding hydrogens is 340 g/mol. The van der Waals surface area contributed by atoms with E-state index in [1.165, 1.54) is 0 Å². The van der Waals surface area contributed by atoms with E-state index in [2.05, 4.69) is 25.2 Å². The Bertz CT molecular complexity index is 817. The van der Waals surface area contributed by atoms with E-state index < -0.39 is 0 Å². The van der Waals surface area contributed by atoms with Crippen molar-refractivity contribution in [2.24, 2.45) is 10.9 Å². The van der Waals surface area contributed by atoms with Crippen LogP contribution in [0.2, 0.25) is 0 Å². The third-order valence-corrected chi connectivity index (χ3v) is 4.80. The molecule has 0 spiro atoms. The van der Waals surface area contributed by atoms with Crippen LogP contribution in [0.25, 0.3) is 0 Å². The molecule has 1 heterocycles. The van der Waals surface area contributed by atoms with E-state index in [-0.39, 0.29) is 18.0 Å². The summed E-state index contributed by atoms with van der Waals surface area (Å²) in [4.78, 5) is 4.93. The summed E-state index contributed by atoms with van der Waals surface area (Å²) >= 11 is 0. The Kier molecular flexibility index (Phi) is 6.01. The van der Waals surface area contributed by atoms with Gasteiger partial charge in [-0.3, -0.25) is 10.3 Å². The Balaban J connectivity index is 1.97. The smallest absolute Gasteiger partial charge is 0.162 e. The molecule has 2 N–H and O–H groups in total. The molecule has 144 valence electrons. The van der Waals surface area contributed by atoms with Crippen molar-refractivity contribution in [2.45, 2.75) is 39.4 Å². The number of phenolic OH excluding ortho intramolecular Hbond substituents is 1. The lowest BCUT2D eigenvalue weighted by Gasteiger charge is -2.32. The third kappa shape index (κ3) is 4.25. The normalized spacial score (nSPS) is 19.7. The van der Waals surface area contributed by atoms with Gasteiger partial charge >= 0.3 is 0 Å². The molecule has 1 aliphatic heterocycles. The highest BCUT2D eigenvalue weighted by molar-refractivity contribution is 6.01. The molecule has 1 aliphatic rings. The number of nitrogens with one attached hydrogen (secondary N) is 1. The maximum absolute atomic E-state index is 10.7. The standard InChI is InChI=1S/C22H28N2O3/c1-5-27-20-11-7-10-17(21(20)25)19-13-18(23-22(24-19)14(2)3)15-8-6-9-16(12-15)26-4/h6-12,14,19,22,24-25H,5,13H2,1-4H3/t19-,22-/m0/s1. The van der Waals surface area contributed by atoms with Gasteiger partial charge in [0, 0.05) is 23.7 Å². The Morgan fingerprint density at radius 1 is 1.22 bits per heavy atom. The minimum Gasteiger partial charge on any atom is -0.504 e. The summed E-state index contributed by atoms with van der Waals surface area (Å²) in [7, 11) is 1.67. The van der Waals surface area contributed by atoms with Crippen molar-refractivity contribution in [1.82, 2.24) is 5.32 Å². The molecule has 27 heavy (non-hydrogen) atoms. The maximum atomic E-state index is 10.7. The molecule has 2 atom stereocenters. The van der Waals surface area contributed by atoms with Crippen LogP contribution < -0.4 is 14.8 Å². The number of methoxy groups -OCH3 is 1. The van der Waals surface area contributed by atoms with Gasteiger partial charge < -0.3 is 14.6 Å². The number of phenols is 1. The number of aliphatic imine (C=N–C) groups is 1. The first-order chi connectivity index (χ1) is 13.0. The first-order valence-corrected chi connectivity index (χ1v) is 9.45. The van der Waals surface area contributed by atoms with Crippen molar-refractivity contribution in [3.8, 4) is 17.2 Å². The van der Waals surface area contributed by atoms with E-state index in [0.717, 1.165) is 22.6 Å². The Morgan fingerprint density at radius 2 is 2.00 bits per heavy atom. The minimum atomic E-state index is -0.0449. The van der Waals surface area contributed by atoms with Crippen LogP contribution in [0.4, 0.5) is 0 Å². The summed E-state index contributed by atoms with van der Waals surface area (Å²) in [6, 6.07) is 13.6. The molecule has 0 bridgehead atoms. The highest BCUT2D eigenvalue weighted by Gasteiger charge is 2.29. The second kappa shape index (κ2) is 8.44. The van der Waals surface area contributed by atoms with Gasteiger partial charge in [-0.15, -0.1) is 0 Å². The van der Waals surface area contributed by atoms with Gasteiger partial charge in [0.25, 0.3) is 0 Å². The first kappa shape index (κ1) is 19.2. The summed E-state index contributed by atoms with van der Waals surface area (Å²) < 4.78 is 10.9. The van der Waals surface area contributed by atoms with Crippen molar-refractivity contribution in [2.75, 3.05) is 13.7 Å². The average Bonchev–Trinajstić information content (AvgIpc) is 2.69. The fourth-order valence-electron chi connectivity index (χ4n) is 3.34. The van der Waals surface area contributed by atoms with Crippen molar-refractivity contribution in [3.05, 3.63) is 53.6 Å². The number of hydrogen-bond acceptors (Lipinski definition) is 5. The molecule has 5 nitrogen and oxygen atoms in total. The van der Waals surface area contributed by atoms with Crippen LogP contribution in [-0.2, 0) is 0 Å². The van der Waals surface area contributed by atoms with Crippen LogP contribution in [0.5, 0.6) is 17.2 Å². The zero-order valence-corrected chi connectivity index (χ0v) is 16.4. The monoisotopic (exact) mass is 368 g/mol. The Hall–Kier alpha value is -2.53. The van der Waals surface area contributed by atoms with Crippen LogP contribution in [0.1, 0.15) is 44.4 Å². The van der Waals surface area contributed by atoms with Gasteiger partial charge in [-0.2, -0.15) is 0 Å². The number of hydrogen-bond donors (Lipinski definition) is 2. The summed E-state index contributed by atoms with van der Waals surface area (Å²) in [5, 5.41) is 14.3. The molecule has 5 heteroatoms. The summed E-state index contributed by atoms with van der Waals surface area (Å²) in [6.45, 7) is 6.71. The molecule has 0 unspecified atom stereocenters. The first-order valence-electron chi connectivity index (χ1n) is 9.45. The number of rotatable bonds is 6. The van der Waals surface area contributed by atoms with Gasteiger partial charge in [-0.05, 0) is 36.6 Å². The summed E-state index contributed by atoms with van der Waals surface area (Å²) in [5.41, 5.74) is 2.89. The average molecular weight is 368 g/mol. The largest absolute Gasteiger partial charge is 0.504 e. The topological polar surface area (TPSA) is 63.1 Å². The van der Waals surface area contributed by atoms with Crippen LogP contribution in [-0.4, -0.2) is 30.7 Å². The van der Waals surface area contributed by atoms with Gasteiger partial charge in [-0.25, -0.2) is 0 Å². The number of benzene rings is 2. The van der Waals surface area contributed by atoms with E-state index in [9.17, 15) is 5.11 Å². The van der Waals surface area contributed by atoms with E-state index in [0.29, 0.717) is 24.7 Å². The van der Waals surface area contributed by atoms with Crippen molar-refractivity contribution in [1.29, 1.82) is 0 Å². The van der Waals surface area contributed by atoms with Gasteiger partial charge in [-0.1, -0.05) is 38.1 Å². The molecule has 0 radical (unpaired) electrons. The molecule has 2 aromatic rings. The predicted molar refractivity (Wildman–Crippen MR) is 108 cm³/mol. The van der Waals surface area contributed by atoms with Gasteiger partial charge in [0.05, 0.1) is 13.7 Å². The zero-order valence-electron chi connectivity index (χ0n) is 16.4. The van der Waals surface area contributed by atoms with Crippen molar-refractivity contribution < 1.29 is 14.6 Å². The van der Waals surface area contributed by atoms with Crippen LogP contribution in [0.3, 0.4) is 0 Å². The summed E-state index contributed by atoms with van der Waals surface area (Å²) in [6.07, 6.45) is 0.652. The minimum absolute atomic E-state index is 0.0277. The molecule has 0 aliphatic carbocycles. The SMILES string of the molecule is CCOc1cccc([C@@H]2CC(c3cccc(OC)c3)=N[C@H](C(C)C)N2)c1O.